The van der Waals surface area contributed by atoms with E-state index in [-0.39, 0.29) is 6.54 Å². The molecule has 2 aliphatic heterocycles. The number of likely N-dealkylation sites (tertiary alicyclic amines) is 1. The Balaban J connectivity index is 1.90. The quantitative estimate of drug-likeness (QED) is 0.652. The third-order valence-electron chi connectivity index (χ3n) is 4.04. The molecular formula is C17H19BrF2N2O2. The van der Waals surface area contributed by atoms with Crippen LogP contribution in [0.5, 0.6) is 0 Å². The molecular weight excluding hydrogens is 382 g/mol. The minimum Gasteiger partial charge on any atom is -0.444 e. The van der Waals surface area contributed by atoms with Gasteiger partial charge in [0, 0.05) is 23.2 Å². The van der Waals surface area contributed by atoms with E-state index in [0.717, 1.165) is 11.3 Å². The maximum absolute atomic E-state index is 13.5. The lowest BCUT2D eigenvalue weighted by Gasteiger charge is -2.32. The number of ether oxygens (including phenoxy) is 1. The highest BCUT2D eigenvalue weighted by molar-refractivity contribution is 9.11. The monoisotopic (exact) mass is 400 g/mol. The Bertz CT molecular complexity index is 702. The smallest absolute Gasteiger partial charge is 0.410 e. The van der Waals surface area contributed by atoms with Crippen molar-refractivity contribution in [1.82, 2.24) is 4.90 Å². The number of nitrogens with zero attached hydrogens (tertiary/aromatic N) is 2. The van der Waals surface area contributed by atoms with Crippen molar-refractivity contribution >= 4 is 27.7 Å². The van der Waals surface area contributed by atoms with Crippen LogP contribution >= 0.6 is 15.9 Å². The molecule has 0 spiro atoms. The molecule has 0 radical (unpaired) electrons. The first-order valence-corrected chi connectivity index (χ1v) is 8.61. The number of amides is 1. The second kappa shape index (κ2) is 6.10. The van der Waals surface area contributed by atoms with Crippen LogP contribution in [-0.4, -0.2) is 41.8 Å². The summed E-state index contributed by atoms with van der Waals surface area (Å²) in [6.07, 6.45) is 0.859. The summed E-state index contributed by atoms with van der Waals surface area (Å²) in [5.41, 5.74) is 2.06. The SMILES string of the molecule is CC(C)(C)OC(=O)N1CCC2=NC3=CC(Br)=CC(C(F)F)C3=C2C1. The number of hydrogen-bond acceptors (Lipinski definition) is 3. The zero-order chi connectivity index (χ0) is 17.6. The molecule has 0 saturated carbocycles. The van der Waals surface area contributed by atoms with Crippen LogP contribution < -0.4 is 0 Å². The van der Waals surface area contributed by atoms with Crippen LogP contribution in [0, 0.1) is 5.92 Å². The van der Waals surface area contributed by atoms with E-state index in [1.807, 2.05) is 0 Å². The number of carbonyl (C=O) groups is 1. The molecule has 3 rings (SSSR count). The summed E-state index contributed by atoms with van der Waals surface area (Å²) in [5.74, 6) is -1.01. The van der Waals surface area contributed by atoms with Crippen molar-refractivity contribution in [3.63, 3.8) is 0 Å². The van der Waals surface area contributed by atoms with E-state index in [1.165, 1.54) is 6.08 Å². The number of halogens is 3. The number of aliphatic imine (C=N–C) groups is 1. The predicted octanol–water partition coefficient (Wildman–Crippen LogP) is 4.44. The number of alkyl halides is 2. The molecule has 1 atom stereocenters. The molecule has 0 aromatic heterocycles. The maximum Gasteiger partial charge on any atom is 0.410 e. The Morgan fingerprint density at radius 2 is 2.17 bits per heavy atom. The fraction of sp³-hybridized carbons (Fsp3) is 0.529. The van der Waals surface area contributed by atoms with Gasteiger partial charge in [0.05, 0.1) is 18.2 Å². The van der Waals surface area contributed by atoms with E-state index in [1.54, 1.807) is 31.7 Å². The van der Waals surface area contributed by atoms with Crippen LogP contribution in [0.2, 0.25) is 0 Å². The number of fused-ring (bicyclic) bond motifs is 2. The molecule has 4 nitrogen and oxygen atoms in total. The van der Waals surface area contributed by atoms with Gasteiger partial charge in [-0.25, -0.2) is 13.6 Å². The highest BCUT2D eigenvalue weighted by Gasteiger charge is 2.39. The largest absolute Gasteiger partial charge is 0.444 e. The standard InChI is InChI=1S/C17H19BrF2N2O2/c1-17(2,3)24-16(23)22-5-4-12-11(8-22)14-10(15(19)20)6-9(18)7-13(14)21-12/h6-7,10,15H,4-5,8H2,1-3H3. The van der Waals surface area contributed by atoms with Crippen molar-refractivity contribution in [2.45, 2.75) is 39.2 Å². The molecule has 0 aromatic rings. The Kier molecular flexibility index (Phi) is 4.40. The summed E-state index contributed by atoms with van der Waals surface area (Å²) < 4.78 is 33.0. The first-order valence-electron chi connectivity index (χ1n) is 7.82. The second-order valence-electron chi connectivity index (χ2n) is 7.04. The van der Waals surface area contributed by atoms with Crippen LogP contribution in [0.15, 0.2) is 38.5 Å². The molecule has 2 heterocycles. The van der Waals surface area contributed by atoms with Gasteiger partial charge in [0.25, 0.3) is 0 Å². The molecule has 24 heavy (non-hydrogen) atoms. The number of carbonyl (C=O) groups excluding carboxylic acids is 1. The number of allylic oxidation sites excluding steroid dienone is 4. The van der Waals surface area contributed by atoms with Crippen molar-refractivity contribution in [2.75, 3.05) is 13.1 Å². The molecule has 1 saturated heterocycles. The highest BCUT2D eigenvalue weighted by atomic mass is 79.9. The van der Waals surface area contributed by atoms with Gasteiger partial charge in [-0.2, -0.15) is 0 Å². The van der Waals surface area contributed by atoms with Gasteiger partial charge in [0.15, 0.2) is 0 Å². The molecule has 0 bridgehead atoms. The van der Waals surface area contributed by atoms with Gasteiger partial charge in [0.2, 0.25) is 6.43 Å². The summed E-state index contributed by atoms with van der Waals surface area (Å²) in [7, 11) is 0. The van der Waals surface area contributed by atoms with Gasteiger partial charge in [0.1, 0.15) is 5.60 Å². The minimum absolute atomic E-state index is 0.259. The average molecular weight is 401 g/mol. The third kappa shape index (κ3) is 3.31. The Labute approximate surface area is 148 Å². The first-order chi connectivity index (χ1) is 11.2. The van der Waals surface area contributed by atoms with Crippen molar-refractivity contribution < 1.29 is 18.3 Å². The van der Waals surface area contributed by atoms with E-state index in [2.05, 4.69) is 20.9 Å². The Morgan fingerprint density at radius 1 is 1.46 bits per heavy atom. The summed E-state index contributed by atoms with van der Waals surface area (Å²) in [4.78, 5) is 18.4. The molecule has 1 unspecified atom stereocenters. The fourth-order valence-corrected chi connectivity index (χ4v) is 3.58. The number of piperidine rings is 1. The number of rotatable bonds is 1. The molecule has 7 heteroatoms. The Hall–Kier alpha value is -1.50. The highest BCUT2D eigenvalue weighted by Crippen LogP contribution is 2.42. The first kappa shape index (κ1) is 17.3. The van der Waals surface area contributed by atoms with E-state index in [0.29, 0.717) is 28.7 Å². The zero-order valence-electron chi connectivity index (χ0n) is 13.8. The third-order valence-corrected chi connectivity index (χ3v) is 4.54. The van der Waals surface area contributed by atoms with E-state index < -0.39 is 24.0 Å². The van der Waals surface area contributed by atoms with Crippen molar-refractivity contribution in [2.24, 2.45) is 10.9 Å². The molecule has 130 valence electrons. The Morgan fingerprint density at radius 3 is 2.79 bits per heavy atom. The van der Waals surface area contributed by atoms with Crippen LogP contribution in [0.1, 0.15) is 27.2 Å². The molecule has 1 amide bonds. The average Bonchev–Trinajstić information content (AvgIpc) is 2.81. The molecule has 0 N–H and O–H groups in total. The van der Waals surface area contributed by atoms with Crippen molar-refractivity contribution in [1.29, 1.82) is 0 Å². The molecule has 1 aliphatic carbocycles. The van der Waals surface area contributed by atoms with Gasteiger partial charge in [-0.3, -0.25) is 4.99 Å². The second-order valence-corrected chi connectivity index (χ2v) is 7.96. The van der Waals surface area contributed by atoms with Crippen molar-refractivity contribution in [3.05, 3.63) is 33.5 Å². The zero-order valence-corrected chi connectivity index (χ0v) is 15.4. The van der Waals surface area contributed by atoms with Gasteiger partial charge in [-0.05, 0) is 38.0 Å². The fourth-order valence-electron chi connectivity index (χ4n) is 3.07. The summed E-state index contributed by atoms with van der Waals surface area (Å²) in [5, 5.41) is 0. The molecule has 3 aliphatic rings. The molecule has 0 aromatic carbocycles. The topological polar surface area (TPSA) is 41.9 Å². The van der Waals surface area contributed by atoms with Gasteiger partial charge in [-0.1, -0.05) is 22.0 Å². The predicted molar refractivity (Wildman–Crippen MR) is 91.5 cm³/mol. The van der Waals surface area contributed by atoms with Crippen LogP contribution in [0.25, 0.3) is 0 Å². The lowest BCUT2D eigenvalue weighted by molar-refractivity contribution is 0.0267. The maximum atomic E-state index is 13.5. The summed E-state index contributed by atoms with van der Waals surface area (Å²) in [6, 6.07) is 0. The molecule has 1 fully saturated rings. The van der Waals surface area contributed by atoms with Gasteiger partial charge < -0.3 is 9.64 Å². The van der Waals surface area contributed by atoms with E-state index >= 15 is 0 Å². The van der Waals surface area contributed by atoms with Crippen LogP contribution in [0.3, 0.4) is 0 Å². The summed E-state index contributed by atoms with van der Waals surface area (Å²) in [6.45, 7) is 6.14. The number of hydrogen-bond donors (Lipinski definition) is 0. The lowest BCUT2D eigenvalue weighted by atomic mass is 9.87. The van der Waals surface area contributed by atoms with E-state index in [9.17, 15) is 13.6 Å². The van der Waals surface area contributed by atoms with Crippen LogP contribution in [0.4, 0.5) is 13.6 Å². The summed E-state index contributed by atoms with van der Waals surface area (Å²) >= 11 is 3.28. The normalized spacial score (nSPS) is 23.5. The minimum atomic E-state index is -2.52. The lowest BCUT2D eigenvalue weighted by Crippen LogP contribution is -2.43. The van der Waals surface area contributed by atoms with Crippen LogP contribution in [-0.2, 0) is 4.74 Å². The van der Waals surface area contributed by atoms with Gasteiger partial charge in [-0.15, -0.1) is 0 Å². The van der Waals surface area contributed by atoms with Crippen molar-refractivity contribution in [3.8, 4) is 0 Å². The van der Waals surface area contributed by atoms with E-state index in [4.69, 9.17) is 4.74 Å². The van der Waals surface area contributed by atoms with Gasteiger partial charge >= 0.3 is 6.09 Å².